The van der Waals surface area contributed by atoms with Gasteiger partial charge in [0, 0.05) is 0 Å². The van der Waals surface area contributed by atoms with Gasteiger partial charge in [-0.15, -0.1) is 0 Å². The molecule has 0 amide bonds. The molecule has 0 aromatic heterocycles. The van der Waals surface area contributed by atoms with Crippen molar-refractivity contribution in [2.75, 3.05) is 6.61 Å². The fourth-order valence-electron chi connectivity index (χ4n) is 0.808. The third-order valence-corrected chi connectivity index (χ3v) is 1.69. The molecule has 0 aliphatic rings. The van der Waals surface area contributed by atoms with Gasteiger partial charge in [0.15, 0.2) is 0 Å². The summed E-state index contributed by atoms with van der Waals surface area (Å²) >= 11 is 0. The van der Waals surface area contributed by atoms with Crippen LogP contribution in [0, 0.1) is 0 Å². The number of rotatable bonds is 7. The predicted octanol–water partition coefficient (Wildman–Crippen LogP) is 2.16. The van der Waals surface area contributed by atoms with E-state index in [0.717, 1.165) is 0 Å². The molecule has 0 radical (unpaired) electrons. The lowest BCUT2D eigenvalue weighted by atomic mass is 10.2. The Hall–Kier alpha value is -0.850. The van der Waals surface area contributed by atoms with E-state index in [4.69, 9.17) is 5.11 Å². The second-order valence-corrected chi connectivity index (χ2v) is 3.00. The van der Waals surface area contributed by atoms with Crippen molar-refractivity contribution in [3.05, 3.63) is 0 Å². The normalized spacial score (nSPS) is 14.3. The van der Waals surface area contributed by atoms with E-state index in [1.54, 1.807) is 0 Å². The number of aliphatic carboxylic acids is 1. The number of hydrogen-bond donors (Lipinski definition) is 1. The van der Waals surface area contributed by atoms with E-state index in [9.17, 15) is 22.4 Å². The maximum Gasteiger partial charge on any atom is 0.330 e. The van der Waals surface area contributed by atoms with Crippen molar-refractivity contribution in [1.29, 1.82) is 0 Å². The largest absolute Gasteiger partial charge is 0.481 e. The first-order valence-electron chi connectivity index (χ1n) is 4.29. The zero-order valence-electron chi connectivity index (χ0n) is 8.05. The average molecular weight is 232 g/mol. The monoisotopic (exact) mass is 232 g/mol. The Morgan fingerprint density at radius 3 is 2.33 bits per heavy atom. The van der Waals surface area contributed by atoms with Crippen LogP contribution in [0.1, 0.15) is 19.8 Å². The fourth-order valence-corrected chi connectivity index (χ4v) is 0.808. The van der Waals surface area contributed by atoms with Gasteiger partial charge in [0.1, 0.15) is 6.61 Å². The van der Waals surface area contributed by atoms with Crippen LogP contribution in [0.4, 0.5) is 17.6 Å². The molecule has 0 aliphatic carbocycles. The highest BCUT2D eigenvalue weighted by Gasteiger charge is 2.41. The molecule has 90 valence electrons. The van der Waals surface area contributed by atoms with E-state index in [2.05, 4.69) is 4.74 Å². The number of ether oxygens (including phenoxy) is 1. The lowest BCUT2D eigenvalue weighted by Gasteiger charge is -2.19. The standard InChI is InChI=1S/C8H12F4O3/c1-2-5(3-6(13)14)15-4-8(11,12)7(9)10/h5,7H,2-4H2,1H3,(H,13,14). The van der Waals surface area contributed by atoms with Gasteiger partial charge in [-0.3, -0.25) is 4.79 Å². The summed E-state index contributed by atoms with van der Waals surface area (Å²) in [6.07, 6.45) is -5.08. The minimum absolute atomic E-state index is 0.172. The molecule has 0 spiro atoms. The minimum Gasteiger partial charge on any atom is -0.481 e. The van der Waals surface area contributed by atoms with Gasteiger partial charge < -0.3 is 9.84 Å². The molecule has 0 bridgehead atoms. The fraction of sp³-hybridized carbons (Fsp3) is 0.875. The molecule has 0 aromatic rings. The van der Waals surface area contributed by atoms with Crippen LogP contribution in [0.25, 0.3) is 0 Å². The first kappa shape index (κ1) is 14.2. The van der Waals surface area contributed by atoms with Crippen molar-refractivity contribution >= 4 is 5.97 Å². The molecule has 1 unspecified atom stereocenters. The highest BCUT2D eigenvalue weighted by molar-refractivity contribution is 5.67. The molecule has 0 heterocycles. The van der Waals surface area contributed by atoms with Crippen LogP contribution in [0.3, 0.4) is 0 Å². The summed E-state index contributed by atoms with van der Waals surface area (Å²) in [4.78, 5) is 10.2. The van der Waals surface area contributed by atoms with Crippen molar-refractivity contribution < 1.29 is 32.2 Å². The third kappa shape index (κ3) is 5.56. The molecule has 3 nitrogen and oxygen atoms in total. The first-order chi connectivity index (χ1) is 6.79. The van der Waals surface area contributed by atoms with E-state index in [0.29, 0.717) is 0 Å². The van der Waals surface area contributed by atoms with E-state index < -0.39 is 37.4 Å². The Kier molecular flexibility index (Phi) is 5.56. The van der Waals surface area contributed by atoms with Crippen LogP contribution in [0.2, 0.25) is 0 Å². The molecule has 1 atom stereocenters. The highest BCUT2D eigenvalue weighted by Crippen LogP contribution is 2.24. The second-order valence-electron chi connectivity index (χ2n) is 3.00. The van der Waals surface area contributed by atoms with E-state index in [-0.39, 0.29) is 6.42 Å². The Labute approximate surface area is 84.0 Å². The van der Waals surface area contributed by atoms with Crippen molar-refractivity contribution in [2.45, 2.75) is 38.2 Å². The van der Waals surface area contributed by atoms with Gasteiger partial charge in [0.05, 0.1) is 12.5 Å². The zero-order chi connectivity index (χ0) is 12.1. The Bertz CT molecular complexity index is 208. The third-order valence-electron chi connectivity index (χ3n) is 1.69. The van der Waals surface area contributed by atoms with Gasteiger partial charge in [0.25, 0.3) is 0 Å². The average Bonchev–Trinajstić information content (AvgIpc) is 2.11. The number of hydrogen-bond acceptors (Lipinski definition) is 2. The summed E-state index contributed by atoms with van der Waals surface area (Å²) in [6.45, 7) is 0.0601. The minimum atomic E-state index is -4.23. The van der Waals surface area contributed by atoms with Gasteiger partial charge in [-0.1, -0.05) is 6.92 Å². The topological polar surface area (TPSA) is 46.5 Å². The van der Waals surface area contributed by atoms with Gasteiger partial charge in [0.2, 0.25) is 0 Å². The van der Waals surface area contributed by atoms with Gasteiger partial charge in [-0.2, -0.15) is 8.78 Å². The quantitative estimate of drug-likeness (QED) is 0.684. The number of halogens is 4. The zero-order valence-corrected chi connectivity index (χ0v) is 8.05. The van der Waals surface area contributed by atoms with Crippen LogP contribution in [0.5, 0.6) is 0 Å². The van der Waals surface area contributed by atoms with Crippen LogP contribution < -0.4 is 0 Å². The number of carbonyl (C=O) groups is 1. The molecule has 0 aromatic carbocycles. The number of carboxylic acids is 1. The molecule has 7 heteroatoms. The van der Waals surface area contributed by atoms with Crippen LogP contribution in [0.15, 0.2) is 0 Å². The molecule has 0 aliphatic heterocycles. The Balaban J connectivity index is 4.05. The summed E-state index contributed by atoms with van der Waals surface area (Å²) in [5.41, 5.74) is 0. The summed E-state index contributed by atoms with van der Waals surface area (Å²) in [5, 5.41) is 8.34. The first-order valence-corrected chi connectivity index (χ1v) is 4.29. The molecule has 0 fully saturated rings. The molecular formula is C8H12F4O3. The summed E-state index contributed by atoms with van der Waals surface area (Å²) in [5.74, 6) is -5.45. The Morgan fingerprint density at radius 2 is 2.00 bits per heavy atom. The maximum absolute atomic E-state index is 12.4. The molecule has 0 rings (SSSR count). The highest BCUT2D eigenvalue weighted by atomic mass is 19.3. The van der Waals surface area contributed by atoms with Gasteiger partial charge in [-0.25, -0.2) is 8.78 Å². The summed E-state index contributed by atoms with van der Waals surface area (Å²) in [6, 6.07) is 0. The van der Waals surface area contributed by atoms with Crippen LogP contribution >= 0.6 is 0 Å². The molecule has 0 saturated carbocycles. The molecule has 0 saturated heterocycles. The Morgan fingerprint density at radius 1 is 1.47 bits per heavy atom. The molecule has 15 heavy (non-hydrogen) atoms. The van der Waals surface area contributed by atoms with Crippen molar-refractivity contribution in [3.63, 3.8) is 0 Å². The summed E-state index contributed by atoms with van der Waals surface area (Å²) < 4.78 is 52.5. The molecule has 1 N–H and O–H groups in total. The predicted molar refractivity (Wildman–Crippen MR) is 43.2 cm³/mol. The van der Waals surface area contributed by atoms with Crippen molar-refractivity contribution in [2.24, 2.45) is 0 Å². The van der Waals surface area contributed by atoms with Gasteiger partial charge in [-0.05, 0) is 6.42 Å². The van der Waals surface area contributed by atoms with E-state index >= 15 is 0 Å². The van der Waals surface area contributed by atoms with Crippen LogP contribution in [-0.2, 0) is 9.53 Å². The summed E-state index contributed by atoms with van der Waals surface area (Å²) in [7, 11) is 0. The maximum atomic E-state index is 12.4. The lowest BCUT2D eigenvalue weighted by Crippen LogP contribution is -2.34. The number of alkyl halides is 4. The van der Waals surface area contributed by atoms with Crippen molar-refractivity contribution in [1.82, 2.24) is 0 Å². The lowest BCUT2D eigenvalue weighted by molar-refractivity contribution is -0.179. The van der Waals surface area contributed by atoms with E-state index in [1.165, 1.54) is 6.92 Å². The molecular weight excluding hydrogens is 220 g/mol. The van der Waals surface area contributed by atoms with Crippen LogP contribution in [-0.4, -0.2) is 36.1 Å². The van der Waals surface area contributed by atoms with Gasteiger partial charge >= 0.3 is 18.3 Å². The van der Waals surface area contributed by atoms with E-state index in [1.807, 2.05) is 0 Å². The van der Waals surface area contributed by atoms with Crippen molar-refractivity contribution in [3.8, 4) is 0 Å². The SMILES string of the molecule is CCC(CC(=O)O)OCC(F)(F)C(F)F. The second kappa shape index (κ2) is 5.89. The number of carboxylic acid groups (broad SMARTS) is 1. The smallest absolute Gasteiger partial charge is 0.330 e.